The Morgan fingerprint density at radius 3 is 2.36 bits per heavy atom. The lowest BCUT2D eigenvalue weighted by atomic mass is 10.1. The number of anilines is 1. The fourth-order valence-corrected chi connectivity index (χ4v) is 2.13. The summed E-state index contributed by atoms with van der Waals surface area (Å²) in [7, 11) is 1.59. The quantitative estimate of drug-likeness (QED) is 0.745. The van der Waals surface area contributed by atoms with E-state index in [9.17, 15) is 9.59 Å². The first-order valence-electron chi connectivity index (χ1n) is 7.97. The van der Waals surface area contributed by atoms with Gasteiger partial charge in [-0.25, -0.2) is 4.79 Å². The molecular formula is C19H21NO5. The predicted molar refractivity (Wildman–Crippen MR) is 94.1 cm³/mol. The van der Waals surface area contributed by atoms with Gasteiger partial charge in [0, 0.05) is 0 Å². The highest BCUT2D eigenvalue weighted by atomic mass is 16.5. The molecule has 0 aliphatic carbocycles. The Labute approximate surface area is 146 Å². The van der Waals surface area contributed by atoms with Gasteiger partial charge in [-0.15, -0.1) is 0 Å². The van der Waals surface area contributed by atoms with E-state index < -0.39 is 5.97 Å². The molecule has 6 heteroatoms. The molecule has 132 valence electrons. The van der Waals surface area contributed by atoms with E-state index in [1.54, 1.807) is 62.6 Å². The first-order valence-corrected chi connectivity index (χ1v) is 7.97. The summed E-state index contributed by atoms with van der Waals surface area (Å²) in [5, 5.41) is 2.71. The van der Waals surface area contributed by atoms with Crippen LogP contribution in [-0.2, 0) is 9.53 Å². The molecule has 0 aliphatic rings. The van der Waals surface area contributed by atoms with Crippen LogP contribution in [0.1, 0.15) is 23.7 Å². The minimum atomic E-state index is -0.465. The van der Waals surface area contributed by atoms with Gasteiger partial charge in [-0.05, 0) is 43.3 Å². The van der Waals surface area contributed by atoms with Crippen molar-refractivity contribution < 1.29 is 23.8 Å². The summed E-state index contributed by atoms with van der Waals surface area (Å²) in [5.74, 6) is 0.680. The van der Waals surface area contributed by atoms with E-state index >= 15 is 0 Å². The molecule has 0 aliphatic heterocycles. The summed E-state index contributed by atoms with van der Waals surface area (Å²) < 4.78 is 15.6. The van der Waals surface area contributed by atoms with Crippen LogP contribution in [0.25, 0.3) is 0 Å². The Balaban J connectivity index is 1.86. The van der Waals surface area contributed by atoms with Crippen molar-refractivity contribution in [1.29, 1.82) is 0 Å². The van der Waals surface area contributed by atoms with Crippen LogP contribution in [-0.4, -0.2) is 32.2 Å². The van der Waals surface area contributed by atoms with E-state index in [0.717, 1.165) is 5.75 Å². The third-order valence-electron chi connectivity index (χ3n) is 3.35. The van der Waals surface area contributed by atoms with Crippen molar-refractivity contribution in [2.45, 2.75) is 13.3 Å². The largest absolute Gasteiger partial charge is 0.497 e. The maximum Gasteiger partial charge on any atom is 0.340 e. The molecule has 2 aromatic carbocycles. The van der Waals surface area contributed by atoms with Gasteiger partial charge in [-0.1, -0.05) is 12.1 Å². The van der Waals surface area contributed by atoms with Crippen LogP contribution in [0.2, 0.25) is 0 Å². The van der Waals surface area contributed by atoms with E-state index in [-0.39, 0.29) is 25.5 Å². The molecule has 0 spiro atoms. The van der Waals surface area contributed by atoms with Crippen LogP contribution in [0.5, 0.6) is 11.5 Å². The lowest BCUT2D eigenvalue weighted by Gasteiger charge is -2.11. The van der Waals surface area contributed by atoms with Gasteiger partial charge in [0.15, 0.2) is 0 Å². The summed E-state index contributed by atoms with van der Waals surface area (Å²) in [6.45, 7) is 2.23. The molecule has 0 saturated heterocycles. The predicted octanol–water partition coefficient (Wildman–Crippen LogP) is 3.28. The second-order valence-electron chi connectivity index (χ2n) is 5.09. The van der Waals surface area contributed by atoms with E-state index in [2.05, 4.69) is 5.32 Å². The maximum atomic E-state index is 12.1. The molecule has 25 heavy (non-hydrogen) atoms. The Kier molecular flexibility index (Phi) is 6.83. The molecule has 0 aromatic heterocycles. The first-order chi connectivity index (χ1) is 12.1. The lowest BCUT2D eigenvalue weighted by Crippen LogP contribution is -2.18. The topological polar surface area (TPSA) is 73.9 Å². The minimum absolute atomic E-state index is 0.156. The molecule has 1 amide bonds. The molecule has 2 rings (SSSR count). The number of nitrogens with one attached hydrogen (secondary N) is 1. The number of esters is 1. The summed E-state index contributed by atoms with van der Waals surface area (Å²) >= 11 is 0. The van der Waals surface area contributed by atoms with Crippen LogP contribution in [0.15, 0.2) is 48.5 Å². The average molecular weight is 343 g/mol. The Morgan fingerprint density at radius 1 is 1.00 bits per heavy atom. The van der Waals surface area contributed by atoms with Gasteiger partial charge < -0.3 is 19.5 Å². The van der Waals surface area contributed by atoms with Crippen molar-refractivity contribution in [1.82, 2.24) is 0 Å². The fourth-order valence-electron chi connectivity index (χ4n) is 2.13. The fraction of sp³-hybridized carbons (Fsp3) is 0.263. The van der Waals surface area contributed by atoms with Crippen molar-refractivity contribution in [3.05, 3.63) is 54.1 Å². The number of methoxy groups -OCH3 is 1. The van der Waals surface area contributed by atoms with Gasteiger partial charge in [0.25, 0.3) is 0 Å². The smallest absolute Gasteiger partial charge is 0.340 e. The van der Waals surface area contributed by atoms with E-state index in [0.29, 0.717) is 17.0 Å². The molecule has 6 nitrogen and oxygen atoms in total. The zero-order valence-electron chi connectivity index (χ0n) is 14.3. The lowest BCUT2D eigenvalue weighted by molar-refractivity contribution is -0.116. The number of para-hydroxylation sites is 1. The standard InChI is InChI=1S/C19H21NO5/c1-3-24-19(22)16-6-4-5-7-17(16)20-18(21)12-13-25-15-10-8-14(23-2)9-11-15/h4-11H,3,12-13H2,1-2H3,(H,20,21). The number of rotatable bonds is 8. The zero-order valence-corrected chi connectivity index (χ0v) is 14.3. The van der Waals surface area contributed by atoms with Crippen molar-refractivity contribution in [2.75, 3.05) is 25.6 Å². The van der Waals surface area contributed by atoms with E-state index in [1.165, 1.54) is 0 Å². The van der Waals surface area contributed by atoms with E-state index in [4.69, 9.17) is 14.2 Å². The monoisotopic (exact) mass is 343 g/mol. The van der Waals surface area contributed by atoms with Crippen LogP contribution >= 0.6 is 0 Å². The first kappa shape index (κ1) is 18.3. The minimum Gasteiger partial charge on any atom is -0.497 e. The summed E-state index contributed by atoms with van der Waals surface area (Å²) in [4.78, 5) is 24.0. The number of ether oxygens (including phenoxy) is 3. The second-order valence-corrected chi connectivity index (χ2v) is 5.09. The number of carbonyl (C=O) groups excluding carboxylic acids is 2. The van der Waals surface area contributed by atoms with Crippen LogP contribution in [0.4, 0.5) is 5.69 Å². The van der Waals surface area contributed by atoms with Gasteiger partial charge in [-0.3, -0.25) is 4.79 Å². The summed E-state index contributed by atoms with van der Waals surface area (Å²) in [6.07, 6.45) is 0.156. The van der Waals surface area contributed by atoms with Crippen LogP contribution in [0, 0.1) is 0 Å². The molecule has 0 saturated carbocycles. The van der Waals surface area contributed by atoms with Crippen molar-refractivity contribution in [3.8, 4) is 11.5 Å². The molecule has 0 radical (unpaired) electrons. The highest BCUT2D eigenvalue weighted by molar-refractivity contribution is 6.01. The zero-order chi connectivity index (χ0) is 18.1. The second kappa shape index (κ2) is 9.32. The van der Waals surface area contributed by atoms with Gasteiger partial charge in [0.1, 0.15) is 11.5 Å². The SMILES string of the molecule is CCOC(=O)c1ccccc1NC(=O)CCOc1ccc(OC)cc1. The third-order valence-corrected chi connectivity index (χ3v) is 3.35. The van der Waals surface area contributed by atoms with Gasteiger partial charge >= 0.3 is 5.97 Å². The van der Waals surface area contributed by atoms with E-state index in [1.807, 2.05) is 0 Å². The van der Waals surface area contributed by atoms with Crippen LogP contribution < -0.4 is 14.8 Å². The molecule has 0 heterocycles. The molecule has 2 aromatic rings. The highest BCUT2D eigenvalue weighted by Crippen LogP contribution is 2.18. The van der Waals surface area contributed by atoms with Crippen molar-refractivity contribution in [2.24, 2.45) is 0 Å². The molecule has 0 atom stereocenters. The molecule has 0 bridgehead atoms. The summed E-state index contributed by atoms with van der Waals surface area (Å²) in [5.41, 5.74) is 0.754. The van der Waals surface area contributed by atoms with Crippen molar-refractivity contribution >= 4 is 17.6 Å². The molecular weight excluding hydrogens is 322 g/mol. The normalized spacial score (nSPS) is 10.0. The Bertz CT molecular complexity index is 712. The number of hydrogen-bond acceptors (Lipinski definition) is 5. The Hall–Kier alpha value is -3.02. The van der Waals surface area contributed by atoms with Gasteiger partial charge in [0.2, 0.25) is 5.91 Å². The summed E-state index contributed by atoms with van der Waals surface area (Å²) in [6, 6.07) is 13.8. The number of hydrogen-bond donors (Lipinski definition) is 1. The third kappa shape index (κ3) is 5.53. The number of carbonyl (C=O) groups is 2. The average Bonchev–Trinajstić information content (AvgIpc) is 2.63. The van der Waals surface area contributed by atoms with Crippen LogP contribution in [0.3, 0.4) is 0 Å². The molecule has 1 N–H and O–H groups in total. The van der Waals surface area contributed by atoms with Gasteiger partial charge in [-0.2, -0.15) is 0 Å². The highest BCUT2D eigenvalue weighted by Gasteiger charge is 2.13. The van der Waals surface area contributed by atoms with Crippen molar-refractivity contribution in [3.63, 3.8) is 0 Å². The molecule has 0 unspecified atom stereocenters. The maximum absolute atomic E-state index is 12.1. The number of amides is 1. The van der Waals surface area contributed by atoms with Gasteiger partial charge in [0.05, 0.1) is 38.0 Å². The molecule has 0 fully saturated rings. The number of benzene rings is 2. The Morgan fingerprint density at radius 2 is 1.68 bits per heavy atom.